The zero-order valence-corrected chi connectivity index (χ0v) is 13.0. The van der Waals surface area contributed by atoms with Crippen LogP contribution in [0.25, 0.3) is 10.1 Å². The maximum atomic E-state index is 5.87. The predicted molar refractivity (Wildman–Crippen MR) is 90.4 cm³/mol. The van der Waals surface area contributed by atoms with Gasteiger partial charge in [0.05, 0.1) is 0 Å². The van der Waals surface area contributed by atoms with E-state index in [1.165, 1.54) is 26.1 Å². The first kappa shape index (κ1) is 13.7. The quantitative estimate of drug-likeness (QED) is 0.669. The lowest BCUT2D eigenvalue weighted by Gasteiger charge is -2.06. The van der Waals surface area contributed by atoms with Crippen molar-refractivity contribution in [3.63, 3.8) is 0 Å². The Labute approximate surface area is 127 Å². The summed E-state index contributed by atoms with van der Waals surface area (Å²) in [6, 6.07) is 17.3. The van der Waals surface area contributed by atoms with Crippen LogP contribution in [0.15, 0.2) is 58.8 Å². The molecule has 0 bridgehead atoms. The third kappa shape index (κ3) is 2.90. The van der Waals surface area contributed by atoms with Crippen molar-refractivity contribution in [3.8, 4) is 0 Å². The summed E-state index contributed by atoms with van der Waals surface area (Å²) in [5.41, 5.74) is 8.48. The van der Waals surface area contributed by atoms with Gasteiger partial charge in [-0.25, -0.2) is 0 Å². The molecule has 1 nitrogen and oxygen atoms in total. The summed E-state index contributed by atoms with van der Waals surface area (Å²) in [5.74, 6) is 1.02. The lowest BCUT2D eigenvalue weighted by atomic mass is 10.1. The molecule has 0 saturated carbocycles. The monoisotopic (exact) mass is 299 g/mol. The largest absolute Gasteiger partial charge is 0.324 e. The van der Waals surface area contributed by atoms with Crippen LogP contribution in [0.4, 0.5) is 0 Å². The highest BCUT2D eigenvalue weighted by Gasteiger charge is 2.04. The van der Waals surface area contributed by atoms with E-state index < -0.39 is 0 Å². The molecular formula is C17H17NS2. The molecule has 1 heterocycles. The van der Waals surface area contributed by atoms with E-state index >= 15 is 0 Å². The fourth-order valence-electron chi connectivity index (χ4n) is 2.17. The molecule has 0 aliphatic heterocycles. The van der Waals surface area contributed by atoms with Gasteiger partial charge in [0, 0.05) is 21.4 Å². The zero-order chi connectivity index (χ0) is 13.9. The summed E-state index contributed by atoms with van der Waals surface area (Å²) in [5, 5.41) is 3.66. The van der Waals surface area contributed by atoms with E-state index in [2.05, 4.69) is 53.9 Å². The summed E-state index contributed by atoms with van der Waals surface area (Å²) in [7, 11) is 0. The molecule has 1 unspecified atom stereocenters. The van der Waals surface area contributed by atoms with Gasteiger partial charge in [-0.3, -0.25) is 0 Å². The van der Waals surface area contributed by atoms with Gasteiger partial charge in [0.15, 0.2) is 0 Å². The molecule has 0 aliphatic carbocycles. The molecule has 3 rings (SSSR count). The summed E-state index contributed by atoms with van der Waals surface area (Å²) >= 11 is 3.70. The van der Waals surface area contributed by atoms with Crippen molar-refractivity contribution in [1.29, 1.82) is 0 Å². The molecular weight excluding hydrogens is 282 g/mol. The number of hydrogen-bond acceptors (Lipinski definition) is 3. The third-order valence-electron chi connectivity index (χ3n) is 3.36. The second-order valence-electron chi connectivity index (χ2n) is 4.90. The molecule has 2 aromatic carbocycles. The van der Waals surface area contributed by atoms with Crippen LogP contribution < -0.4 is 5.73 Å². The van der Waals surface area contributed by atoms with E-state index in [1.807, 2.05) is 30.0 Å². The second-order valence-corrected chi connectivity index (χ2v) is 6.86. The minimum absolute atomic E-state index is 0.106. The predicted octanol–water partition coefficient (Wildman–Crippen LogP) is 5.21. The number of thiophene rings is 1. The van der Waals surface area contributed by atoms with Crippen molar-refractivity contribution in [2.75, 3.05) is 0 Å². The molecule has 20 heavy (non-hydrogen) atoms. The van der Waals surface area contributed by atoms with Crippen LogP contribution >= 0.6 is 23.1 Å². The smallest absolute Gasteiger partial charge is 0.0345 e. The van der Waals surface area contributed by atoms with Crippen molar-refractivity contribution in [1.82, 2.24) is 0 Å². The van der Waals surface area contributed by atoms with E-state index in [9.17, 15) is 0 Å². The molecule has 102 valence electrons. The molecule has 1 atom stereocenters. The first-order chi connectivity index (χ1) is 9.74. The van der Waals surface area contributed by atoms with Crippen molar-refractivity contribution >= 4 is 33.2 Å². The average Bonchev–Trinajstić information content (AvgIpc) is 2.89. The average molecular weight is 299 g/mol. The first-order valence-electron chi connectivity index (χ1n) is 6.67. The van der Waals surface area contributed by atoms with Gasteiger partial charge < -0.3 is 5.73 Å². The highest BCUT2D eigenvalue weighted by Crippen LogP contribution is 2.31. The van der Waals surface area contributed by atoms with E-state index in [0.717, 1.165) is 5.75 Å². The SMILES string of the molecule is CC(N)c1ccc(SCc2csc3ccccc23)cc1. The van der Waals surface area contributed by atoms with E-state index in [4.69, 9.17) is 5.73 Å². The molecule has 0 radical (unpaired) electrons. The molecule has 2 N–H and O–H groups in total. The van der Waals surface area contributed by atoms with Crippen molar-refractivity contribution in [2.24, 2.45) is 5.73 Å². The van der Waals surface area contributed by atoms with Crippen molar-refractivity contribution in [3.05, 3.63) is 65.0 Å². The third-order valence-corrected chi connectivity index (χ3v) is 5.43. The fourth-order valence-corrected chi connectivity index (χ4v) is 4.13. The molecule has 0 aliphatic rings. The maximum Gasteiger partial charge on any atom is 0.0345 e. The molecule has 0 spiro atoms. The number of hydrogen-bond donors (Lipinski definition) is 1. The Morgan fingerprint density at radius 1 is 1.10 bits per heavy atom. The van der Waals surface area contributed by atoms with Crippen LogP contribution in [0.1, 0.15) is 24.1 Å². The van der Waals surface area contributed by atoms with E-state index in [1.54, 1.807) is 0 Å². The van der Waals surface area contributed by atoms with Gasteiger partial charge in [-0.15, -0.1) is 23.1 Å². The fraction of sp³-hybridized carbons (Fsp3) is 0.176. The van der Waals surface area contributed by atoms with Gasteiger partial charge in [0.2, 0.25) is 0 Å². The Bertz CT molecular complexity index is 698. The lowest BCUT2D eigenvalue weighted by molar-refractivity contribution is 0.817. The summed E-state index contributed by atoms with van der Waals surface area (Å²) in [6.45, 7) is 2.01. The standard InChI is InChI=1S/C17H17NS2/c1-12(18)13-6-8-15(9-7-13)19-10-14-11-20-17-5-3-2-4-16(14)17/h2-9,11-12H,10,18H2,1H3. The van der Waals surface area contributed by atoms with Gasteiger partial charge in [-0.05, 0) is 47.0 Å². The summed E-state index contributed by atoms with van der Waals surface area (Å²) < 4.78 is 1.37. The Morgan fingerprint density at radius 2 is 1.85 bits per heavy atom. The number of rotatable bonds is 4. The van der Waals surface area contributed by atoms with Crippen LogP contribution in [0, 0.1) is 0 Å². The molecule has 0 saturated heterocycles. The van der Waals surface area contributed by atoms with Crippen LogP contribution in [0.5, 0.6) is 0 Å². The van der Waals surface area contributed by atoms with Crippen LogP contribution in [-0.2, 0) is 5.75 Å². The number of thioether (sulfide) groups is 1. The summed E-state index contributed by atoms with van der Waals surface area (Å²) in [6.07, 6.45) is 0. The number of nitrogens with two attached hydrogens (primary N) is 1. The lowest BCUT2D eigenvalue weighted by Crippen LogP contribution is -2.04. The van der Waals surface area contributed by atoms with Crippen molar-refractivity contribution in [2.45, 2.75) is 23.6 Å². The molecule has 0 fully saturated rings. The topological polar surface area (TPSA) is 26.0 Å². The second kappa shape index (κ2) is 6.00. The highest BCUT2D eigenvalue weighted by atomic mass is 32.2. The van der Waals surface area contributed by atoms with Gasteiger partial charge >= 0.3 is 0 Å². The van der Waals surface area contributed by atoms with E-state index in [-0.39, 0.29) is 6.04 Å². The van der Waals surface area contributed by atoms with Gasteiger partial charge in [0.25, 0.3) is 0 Å². The minimum atomic E-state index is 0.106. The van der Waals surface area contributed by atoms with E-state index in [0.29, 0.717) is 0 Å². The Balaban J connectivity index is 1.73. The van der Waals surface area contributed by atoms with Crippen molar-refractivity contribution < 1.29 is 0 Å². The van der Waals surface area contributed by atoms with Crippen LogP contribution in [-0.4, -0.2) is 0 Å². The zero-order valence-electron chi connectivity index (χ0n) is 11.4. The Kier molecular flexibility index (Phi) is 4.10. The Morgan fingerprint density at radius 3 is 2.60 bits per heavy atom. The normalized spacial score (nSPS) is 12.7. The molecule has 3 heteroatoms. The van der Waals surface area contributed by atoms with Gasteiger partial charge in [-0.2, -0.15) is 0 Å². The number of fused-ring (bicyclic) bond motifs is 1. The molecule has 0 amide bonds. The van der Waals surface area contributed by atoms with Gasteiger partial charge in [-0.1, -0.05) is 30.3 Å². The van der Waals surface area contributed by atoms with Crippen LogP contribution in [0.3, 0.4) is 0 Å². The highest BCUT2D eigenvalue weighted by molar-refractivity contribution is 7.98. The first-order valence-corrected chi connectivity index (χ1v) is 8.54. The maximum absolute atomic E-state index is 5.87. The molecule has 1 aromatic heterocycles. The number of benzene rings is 2. The summed E-state index contributed by atoms with van der Waals surface area (Å²) in [4.78, 5) is 1.30. The molecule has 3 aromatic rings. The minimum Gasteiger partial charge on any atom is -0.324 e. The van der Waals surface area contributed by atoms with Gasteiger partial charge in [0.1, 0.15) is 0 Å². The van der Waals surface area contributed by atoms with Crippen LogP contribution in [0.2, 0.25) is 0 Å². The Hall–Kier alpha value is -1.29.